The summed E-state index contributed by atoms with van der Waals surface area (Å²) in [6.45, 7) is 1.83. The highest BCUT2D eigenvalue weighted by molar-refractivity contribution is 6.00. The first-order valence-corrected chi connectivity index (χ1v) is 10.5. The van der Waals surface area contributed by atoms with Gasteiger partial charge in [-0.1, -0.05) is 12.1 Å². The van der Waals surface area contributed by atoms with Crippen molar-refractivity contribution in [1.29, 1.82) is 0 Å². The van der Waals surface area contributed by atoms with Crippen LogP contribution in [0.2, 0.25) is 0 Å². The Morgan fingerprint density at radius 2 is 2.03 bits per heavy atom. The van der Waals surface area contributed by atoms with Gasteiger partial charge in [0.25, 0.3) is 5.91 Å². The van der Waals surface area contributed by atoms with E-state index >= 15 is 0 Å². The van der Waals surface area contributed by atoms with E-state index in [4.69, 9.17) is 0 Å². The maximum atomic E-state index is 12.4. The number of nitrogens with zero attached hydrogens (tertiary/aromatic N) is 4. The minimum absolute atomic E-state index is 0.0986. The van der Waals surface area contributed by atoms with Crippen LogP contribution in [0, 0.1) is 0 Å². The van der Waals surface area contributed by atoms with Crippen LogP contribution in [0.25, 0.3) is 5.65 Å². The van der Waals surface area contributed by atoms with E-state index in [2.05, 4.69) is 30.9 Å². The molecule has 0 radical (unpaired) electrons. The normalized spacial score (nSPS) is 20.8. The SMILES string of the molecule is CNC(=O)c1ccc(C2CCN(c3cc(C4CNC(=O)NC4=O)nn4ccnc34)C2)cc1. The van der Waals surface area contributed by atoms with Crippen LogP contribution in [0.4, 0.5) is 10.5 Å². The number of anilines is 1. The Hall–Kier alpha value is -3.95. The van der Waals surface area contributed by atoms with E-state index < -0.39 is 11.9 Å². The molecule has 164 valence electrons. The van der Waals surface area contributed by atoms with Crippen LogP contribution in [0.15, 0.2) is 42.7 Å². The maximum Gasteiger partial charge on any atom is 0.321 e. The molecule has 2 unspecified atom stereocenters. The van der Waals surface area contributed by atoms with Gasteiger partial charge in [-0.25, -0.2) is 14.3 Å². The first-order chi connectivity index (χ1) is 15.5. The number of carbonyl (C=O) groups excluding carboxylic acids is 3. The van der Waals surface area contributed by atoms with Crippen LogP contribution in [0.3, 0.4) is 0 Å². The van der Waals surface area contributed by atoms with Gasteiger partial charge in [-0.3, -0.25) is 14.9 Å². The van der Waals surface area contributed by atoms with Gasteiger partial charge in [0.05, 0.1) is 17.3 Å². The zero-order valence-corrected chi connectivity index (χ0v) is 17.5. The van der Waals surface area contributed by atoms with Gasteiger partial charge in [0.1, 0.15) is 0 Å². The molecule has 3 aromatic rings. The topological polar surface area (TPSA) is 121 Å². The number of benzene rings is 1. The summed E-state index contributed by atoms with van der Waals surface area (Å²) in [6, 6.07) is 9.14. The van der Waals surface area contributed by atoms with Gasteiger partial charge >= 0.3 is 6.03 Å². The summed E-state index contributed by atoms with van der Waals surface area (Å²) < 4.78 is 1.68. The number of imide groups is 1. The van der Waals surface area contributed by atoms with Crippen LogP contribution >= 0.6 is 0 Å². The highest BCUT2D eigenvalue weighted by Crippen LogP contribution is 2.34. The van der Waals surface area contributed by atoms with Crippen LogP contribution < -0.4 is 20.9 Å². The number of carbonyl (C=O) groups is 3. The van der Waals surface area contributed by atoms with Crippen LogP contribution in [0.1, 0.15) is 39.9 Å². The lowest BCUT2D eigenvalue weighted by molar-refractivity contribution is -0.122. The van der Waals surface area contributed by atoms with Gasteiger partial charge in [0, 0.05) is 50.6 Å². The largest absolute Gasteiger partial charge is 0.368 e. The van der Waals surface area contributed by atoms with E-state index in [0.29, 0.717) is 17.2 Å². The van der Waals surface area contributed by atoms with Gasteiger partial charge in [0.15, 0.2) is 5.65 Å². The number of nitrogens with one attached hydrogen (secondary N) is 3. The third-order valence-electron chi connectivity index (χ3n) is 6.14. The zero-order valence-electron chi connectivity index (χ0n) is 17.5. The Balaban J connectivity index is 1.41. The number of urea groups is 1. The molecule has 4 amide bonds. The van der Waals surface area contributed by atoms with Crippen LogP contribution in [0.5, 0.6) is 0 Å². The van der Waals surface area contributed by atoms with Crippen molar-refractivity contribution in [1.82, 2.24) is 30.5 Å². The van der Waals surface area contributed by atoms with E-state index in [-0.39, 0.29) is 18.4 Å². The average Bonchev–Trinajstić information content (AvgIpc) is 3.48. The fourth-order valence-electron chi connectivity index (χ4n) is 4.39. The molecule has 5 rings (SSSR count). The lowest BCUT2D eigenvalue weighted by atomic mass is 9.97. The molecule has 10 heteroatoms. The number of hydrogen-bond donors (Lipinski definition) is 3. The average molecular weight is 433 g/mol. The summed E-state index contributed by atoms with van der Waals surface area (Å²) >= 11 is 0. The molecule has 0 bridgehead atoms. The summed E-state index contributed by atoms with van der Waals surface area (Å²) in [4.78, 5) is 42.3. The molecule has 1 aromatic carbocycles. The lowest BCUT2D eigenvalue weighted by Crippen LogP contribution is -2.51. The van der Waals surface area contributed by atoms with Crippen LogP contribution in [-0.2, 0) is 4.79 Å². The summed E-state index contributed by atoms with van der Waals surface area (Å²) in [5, 5.41) is 12.2. The lowest BCUT2D eigenvalue weighted by Gasteiger charge is -2.24. The van der Waals surface area contributed by atoms with Crippen molar-refractivity contribution in [2.45, 2.75) is 18.3 Å². The summed E-state index contributed by atoms with van der Waals surface area (Å²) in [5.74, 6) is -0.702. The smallest absolute Gasteiger partial charge is 0.321 e. The van der Waals surface area contributed by atoms with Crippen molar-refractivity contribution < 1.29 is 14.4 Å². The molecule has 10 nitrogen and oxygen atoms in total. The fraction of sp³-hybridized carbons (Fsp3) is 0.318. The van der Waals surface area contributed by atoms with Crippen molar-refractivity contribution >= 4 is 29.2 Å². The summed E-state index contributed by atoms with van der Waals surface area (Å²) in [5.41, 5.74) is 4.05. The molecular weight excluding hydrogens is 410 g/mol. The number of rotatable bonds is 4. The quantitative estimate of drug-likeness (QED) is 0.565. The first kappa shape index (κ1) is 20.0. The van der Waals surface area contributed by atoms with Gasteiger partial charge in [-0.05, 0) is 30.2 Å². The number of imidazole rings is 1. The molecule has 3 N–H and O–H groups in total. The predicted octanol–water partition coefficient (Wildman–Crippen LogP) is 1.01. The molecule has 2 aliphatic rings. The standard InChI is InChI=1S/C22H23N7O3/c1-23-20(30)14-4-2-13(3-5-14)15-6-8-28(12-15)18-10-17(27-29-9-7-24-19(18)29)16-11-25-22(32)26-21(16)31/h2-5,7,9-10,15-16H,6,8,11-12H2,1H3,(H,23,30)(H2,25,26,31,32). The second-order valence-corrected chi connectivity index (χ2v) is 8.03. The van der Waals surface area contributed by atoms with Gasteiger partial charge in [-0.15, -0.1) is 0 Å². The van der Waals surface area contributed by atoms with Crippen LogP contribution in [-0.4, -0.2) is 59.1 Å². The Morgan fingerprint density at radius 3 is 2.78 bits per heavy atom. The van der Waals surface area contributed by atoms with E-state index in [1.165, 1.54) is 5.56 Å². The Morgan fingerprint density at radius 1 is 1.22 bits per heavy atom. The minimum Gasteiger partial charge on any atom is -0.368 e. The summed E-state index contributed by atoms with van der Waals surface area (Å²) in [7, 11) is 1.62. The summed E-state index contributed by atoms with van der Waals surface area (Å²) in [6.07, 6.45) is 4.40. The van der Waals surface area contributed by atoms with E-state index in [9.17, 15) is 14.4 Å². The molecule has 0 aliphatic carbocycles. The molecule has 4 heterocycles. The molecule has 0 spiro atoms. The van der Waals surface area contributed by atoms with Crippen molar-refractivity contribution in [2.24, 2.45) is 0 Å². The number of aromatic nitrogens is 3. The maximum absolute atomic E-state index is 12.4. The Kier molecular flexibility index (Phi) is 4.96. The van der Waals surface area contributed by atoms with Crippen molar-refractivity contribution in [3.8, 4) is 0 Å². The van der Waals surface area contributed by atoms with Gasteiger partial charge in [-0.2, -0.15) is 5.10 Å². The zero-order chi connectivity index (χ0) is 22.2. The third-order valence-corrected chi connectivity index (χ3v) is 6.14. The molecule has 2 saturated heterocycles. The highest BCUT2D eigenvalue weighted by atomic mass is 16.2. The Labute approximate surface area is 184 Å². The van der Waals surface area contributed by atoms with E-state index in [0.717, 1.165) is 30.8 Å². The molecule has 2 aromatic heterocycles. The monoisotopic (exact) mass is 433 g/mol. The fourth-order valence-corrected chi connectivity index (χ4v) is 4.39. The van der Waals surface area contributed by atoms with Gasteiger partial charge in [0.2, 0.25) is 5.91 Å². The first-order valence-electron chi connectivity index (χ1n) is 10.5. The second kappa shape index (κ2) is 7.95. The van der Waals surface area contributed by atoms with Gasteiger partial charge < -0.3 is 15.5 Å². The van der Waals surface area contributed by atoms with Crippen molar-refractivity contribution in [3.63, 3.8) is 0 Å². The molecule has 2 aliphatic heterocycles. The van der Waals surface area contributed by atoms with Crippen molar-refractivity contribution in [2.75, 3.05) is 31.6 Å². The minimum atomic E-state index is -0.561. The third kappa shape index (κ3) is 3.53. The molecule has 2 atom stereocenters. The number of amides is 4. The molecule has 32 heavy (non-hydrogen) atoms. The molecule has 0 saturated carbocycles. The Bertz CT molecular complexity index is 1200. The van der Waals surface area contributed by atoms with E-state index in [1.807, 2.05) is 30.3 Å². The molecular formula is C22H23N7O3. The van der Waals surface area contributed by atoms with Crippen molar-refractivity contribution in [3.05, 3.63) is 59.5 Å². The predicted molar refractivity (Wildman–Crippen MR) is 117 cm³/mol. The number of fused-ring (bicyclic) bond motifs is 1. The number of hydrogen-bond acceptors (Lipinski definition) is 6. The van der Waals surface area contributed by atoms with E-state index in [1.54, 1.807) is 24.0 Å². The highest BCUT2D eigenvalue weighted by Gasteiger charge is 2.32. The molecule has 2 fully saturated rings. The second-order valence-electron chi connectivity index (χ2n) is 8.03.